The second-order valence-electron chi connectivity index (χ2n) is 5.30. The molecule has 0 saturated heterocycles. The van der Waals surface area contributed by atoms with Crippen LogP contribution in [-0.2, 0) is 9.57 Å². The molecule has 0 radical (unpaired) electrons. The maximum atomic E-state index is 12.0. The Balaban J connectivity index is 1.51. The highest BCUT2D eigenvalue weighted by Crippen LogP contribution is 2.20. The topological polar surface area (TPSA) is 57.1 Å². The van der Waals surface area contributed by atoms with Crippen LogP contribution in [0, 0.1) is 3.57 Å². The maximum absolute atomic E-state index is 12.0. The first-order valence-electron chi connectivity index (χ1n) is 7.45. The number of benzene rings is 2. The van der Waals surface area contributed by atoms with Crippen molar-refractivity contribution in [3.63, 3.8) is 0 Å². The van der Waals surface area contributed by atoms with Gasteiger partial charge in [0.15, 0.2) is 6.10 Å². The Bertz CT molecular complexity index is 741. The summed E-state index contributed by atoms with van der Waals surface area (Å²) in [5.41, 5.74) is 2.35. The van der Waals surface area contributed by atoms with E-state index in [0.29, 0.717) is 12.0 Å². The van der Waals surface area contributed by atoms with Crippen LogP contribution >= 0.6 is 22.6 Å². The van der Waals surface area contributed by atoms with E-state index >= 15 is 0 Å². The highest BCUT2D eigenvalue weighted by molar-refractivity contribution is 14.1. The molecule has 2 aromatic rings. The Labute approximate surface area is 153 Å². The molecule has 0 saturated carbocycles. The lowest BCUT2D eigenvalue weighted by Crippen LogP contribution is -2.19. The van der Waals surface area contributed by atoms with E-state index in [-0.39, 0.29) is 18.7 Å². The first kappa shape index (κ1) is 16.8. The highest BCUT2D eigenvalue weighted by atomic mass is 127. The zero-order chi connectivity index (χ0) is 16.9. The van der Waals surface area contributed by atoms with Gasteiger partial charge in [-0.15, -0.1) is 0 Å². The molecule has 1 heterocycles. The number of nitrogens with zero attached hydrogens (tertiary/aromatic N) is 1. The number of methoxy groups -OCH3 is 1. The van der Waals surface area contributed by atoms with Crippen LogP contribution in [0.5, 0.6) is 5.75 Å². The van der Waals surface area contributed by atoms with Gasteiger partial charge in [0.1, 0.15) is 12.4 Å². The molecule has 0 fully saturated rings. The van der Waals surface area contributed by atoms with Gasteiger partial charge in [-0.1, -0.05) is 5.16 Å². The summed E-state index contributed by atoms with van der Waals surface area (Å²) in [4.78, 5) is 17.4. The minimum absolute atomic E-state index is 0.175. The SMILES string of the molecule is COc1ccc(C2=NOC(COC(=O)c3ccc(I)cc3)C2)cc1. The molecule has 1 unspecified atom stereocenters. The maximum Gasteiger partial charge on any atom is 0.338 e. The van der Waals surface area contributed by atoms with Gasteiger partial charge in [-0.25, -0.2) is 4.79 Å². The molecule has 1 aliphatic rings. The molecule has 0 spiro atoms. The van der Waals surface area contributed by atoms with Gasteiger partial charge >= 0.3 is 5.97 Å². The summed E-state index contributed by atoms with van der Waals surface area (Å²) in [5.74, 6) is 0.439. The van der Waals surface area contributed by atoms with Gasteiger partial charge in [0.05, 0.1) is 18.4 Å². The number of hydrogen-bond acceptors (Lipinski definition) is 5. The fraction of sp³-hybridized carbons (Fsp3) is 0.222. The van der Waals surface area contributed by atoms with Crippen LogP contribution in [0.15, 0.2) is 53.7 Å². The standard InChI is InChI=1S/C18H16INO4/c1-22-15-8-4-12(5-9-15)17-10-16(24-20-17)11-23-18(21)13-2-6-14(19)7-3-13/h2-9,16H,10-11H2,1H3. The molecule has 1 atom stereocenters. The van der Waals surface area contributed by atoms with E-state index in [9.17, 15) is 4.79 Å². The largest absolute Gasteiger partial charge is 0.497 e. The minimum atomic E-state index is -0.354. The molecule has 0 amide bonds. The number of oxime groups is 1. The van der Waals surface area contributed by atoms with Crippen LogP contribution in [-0.4, -0.2) is 31.5 Å². The Morgan fingerprint density at radius 1 is 1.21 bits per heavy atom. The van der Waals surface area contributed by atoms with Crippen molar-refractivity contribution in [1.82, 2.24) is 0 Å². The van der Waals surface area contributed by atoms with Crippen LogP contribution in [0.25, 0.3) is 0 Å². The molecule has 0 aliphatic carbocycles. The zero-order valence-corrected chi connectivity index (χ0v) is 15.2. The average molecular weight is 437 g/mol. The van der Waals surface area contributed by atoms with Gasteiger partial charge in [0.2, 0.25) is 0 Å². The number of ether oxygens (including phenoxy) is 2. The molecule has 124 valence electrons. The van der Waals surface area contributed by atoms with E-state index in [1.807, 2.05) is 36.4 Å². The van der Waals surface area contributed by atoms with Crippen molar-refractivity contribution in [2.24, 2.45) is 5.16 Å². The van der Waals surface area contributed by atoms with Crippen LogP contribution in [0.2, 0.25) is 0 Å². The predicted octanol–water partition coefficient (Wildman–Crippen LogP) is 3.65. The Morgan fingerprint density at radius 3 is 2.58 bits per heavy atom. The second kappa shape index (κ2) is 7.65. The highest BCUT2D eigenvalue weighted by Gasteiger charge is 2.24. The van der Waals surface area contributed by atoms with Gasteiger partial charge in [-0.05, 0) is 76.7 Å². The molecule has 2 aromatic carbocycles. The third-order valence-corrected chi connectivity index (χ3v) is 4.36. The lowest BCUT2D eigenvalue weighted by atomic mass is 10.1. The fourth-order valence-corrected chi connectivity index (χ4v) is 2.67. The van der Waals surface area contributed by atoms with Crippen molar-refractivity contribution in [2.45, 2.75) is 12.5 Å². The third kappa shape index (κ3) is 4.05. The average Bonchev–Trinajstić information content (AvgIpc) is 3.09. The van der Waals surface area contributed by atoms with Crippen LogP contribution in [0.4, 0.5) is 0 Å². The molecule has 6 heteroatoms. The summed E-state index contributed by atoms with van der Waals surface area (Å²) in [6, 6.07) is 14.9. The predicted molar refractivity (Wildman–Crippen MR) is 98.5 cm³/mol. The van der Waals surface area contributed by atoms with Crippen LogP contribution in [0.3, 0.4) is 0 Å². The number of carbonyl (C=O) groups excluding carboxylic acids is 1. The van der Waals surface area contributed by atoms with Gasteiger partial charge < -0.3 is 14.3 Å². The first-order chi connectivity index (χ1) is 11.7. The van der Waals surface area contributed by atoms with Crippen molar-refractivity contribution in [2.75, 3.05) is 13.7 Å². The summed E-state index contributed by atoms with van der Waals surface area (Å²) in [6.07, 6.45) is 0.349. The van der Waals surface area contributed by atoms with E-state index in [1.165, 1.54) is 0 Å². The molecular weight excluding hydrogens is 421 g/mol. The monoisotopic (exact) mass is 437 g/mol. The molecular formula is C18H16INO4. The van der Waals surface area contributed by atoms with Gasteiger partial charge in [0.25, 0.3) is 0 Å². The van der Waals surface area contributed by atoms with E-state index < -0.39 is 0 Å². The summed E-state index contributed by atoms with van der Waals surface area (Å²) in [6.45, 7) is 0.175. The molecule has 0 N–H and O–H groups in total. The van der Waals surface area contributed by atoms with Crippen molar-refractivity contribution in [3.05, 3.63) is 63.2 Å². The van der Waals surface area contributed by atoms with E-state index in [0.717, 1.165) is 20.6 Å². The van der Waals surface area contributed by atoms with Crippen molar-refractivity contribution >= 4 is 34.3 Å². The lowest BCUT2D eigenvalue weighted by Gasteiger charge is -2.09. The quantitative estimate of drug-likeness (QED) is 0.530. The summed E-state index contributed by atoms with van der Waals surface area (Å²) in [7, 11) is 1.63. The minimum Gasteiger partial charge on any atom is -0.497 e. The summed E-state index contributed by atoms with van der Waals surface area (Å²) < 4.78 is 11.5. The van der Waals surface area contributed by atoms with Crippen molar-refractivity contribution < 1.29 is 19.1 Å². The van der Waals surface area contributed by atoms with E-state index in [4.69, 9.17) is 14.3 Å². The van der Waals surface area contributed by atoms with Crippen LogP contribution < -0.4 is 4.74 Å². The van der Waals surface area contributed by atoms with Crippen molar-refractivity contribution in [3.8, 4) is 5.75 Å². The zero-order valence-electron chi connectivity index (χ0n) is 13.1. The number of rotatable bonds is 5. The number of carbonyl (C=O) groups is 1. The third-order valence-electron chi connectivity index (χ3n) is 3.64. The number of hydrogen-bond donors (Lipinski definition) is 0. The number of esters is 1. The molecule has 5 nitrogen and oxygen atoms in total. The molecule has 3 rings (SSSR count). The van der Waals surface area contributed by atoms with Gasteiger partial charge in [0, 0.05) is 9.99 Å². The van der Waals surface area contributed by atoms with Crippen LogP contribution in [0.1, 0.15) is 22.3 Å². The first-order valence-corrected chi connectivity index (χ1v) is 8.53. The molecule has 1 aliphatic heterocycles. The molecule has 24 heavy (non-hydrogen) atoms. The van der Waals surface area contributed by atoms with E-state index in [1.54, 1.807) is 19.2 Å². The summed E-state index contributed by atoms with van der Waals surface area (Å²) >= 11 is 2.19. The normalized spacial score (nSPS) is 16.2. The Morgan fingerprint density at radius 2 is 1.92 bits per heavy atom. The molecule has 0 aromatic heterocycles. The number of halogens is 1. The smallest absolute Gasteiger partial charge is 0.338 e. The van der Waals surface area contributed by atoms with Gasteiger partial charge in [-0.2, -0.15) is 0 Å². The van der Waals surface area contributed by atoms with Crippen molar-refractivity contribution in [1.29, 1.82) is 0 Å². The lowest BCUT2D eigenvalue weighted by molar-refractivity contribution is 0.00686. The second-order valence-corrected chi connectivity index (χ2v) is 6.55. The molecule has 0 bridgehead atoms. The van der Waals surface area contributed by atoms with E-state index in [2.05, 4.69) is 27.7 Å². The Kier molecular flexibility index (Phi) is 5.34. The summed E-state index contributed by atoms with van der Waals surface area (Å²) in [5, 5.41) is 4.09. The van der Waals surface area contributed by atoms with Gasteiger partial charge in [-0.3, -0.25) is 0 Å². The fourth-order valence-electron chi connectivity index (χ4n) is 2.31. The Hall–Kier alpha value is -2.09.